The number of rotatable bonds is 6. The maximum Gasteiger partial charge on any atom is 0.335 e. The number of H-pyrrole nitrogens is 1. The number of hydrogen-bond acceptors (Lipinski definition) is 9. The number of nitrogens with zero attached hydrogens (tertiary/aromatic N) is 1. The summed E-state index contributed by atoms with van der Waals surface area (Å²) in [4.78, 5) is 45.5. The molecule has 0 radical (unpaired) electrons. The highest BCUT2D eigenvalue weighted by Crippen LogP contribution is 1.93. The quantitative estimate of drug-likeness (QED) is 0.233. The van der Waals surface area contributed by atoms with Gasteiger partial charge in [-0.3, -0.25) is 0 Å². The first-order valence-corrected chi connectivity index (χ1v) is 5.99. The van der Waals surface area contributed by atoms with Crippen LogP contribution in [0, 0.1) is 0 Å². The first-order chi connectivity index (χ1) is 11.4. The monoisotopic (exact) mass is 368 g/mol. The van der Waals surface area contributed by atoms with E-state index in [9.17, 15) is 19.2 Å². The molecular formula is C11H16N2O12. The van der Waals surface area contributed by atoms with Crippen LogP contribution in [0.4, 0.5) is 0 Å². The van der Waals surface area contributed by atoms with Gasteiger partial charge in [-0.1, -0.05) is 0 Å². The van der Waals surface area contributed by atoms with E-state index >= 15 is 0 Å². The minimum Gasteiger partial charge on any atom is -0.479 e. The van der Waals surface area contributed by atoms with E-state index in [0.29, 0.717) is 0 Å². The van der Waals surface area contributed by atoms with Gasteiger partial charge in [0.15, 0.2) is 24.4 Å². The largest absolute Gasteiger partial charge is 0.479 e. The molecule has 1 rings (SSSR count). The van der Waals surface area contributed by atoms with Crippen molar-refractivity contribution in [1.82, 2.24) is 9.97 Å². The molecule has 142 valence electrons. The number of carboxylic acids is 4. The van der Waals surface area contributed by atoms with Crippen LogP contribution in [0.2, 0.25) is 0 Å². The lowest BCUT2D eigenvalue weighted by molar-refractivity contribution is -0.165. The Bertz CT molecular complexity index is 456. The molecule has 4 atom stereocenters. The van der Waals surface area contributed by atoms with E-state index < -0.39 is 48.3 Å². The number of carboxylic acid groups (broad SMARTS) is 4. The topological polar surface area (TPSA) is 259 Å². The van der Waals surface area contributed by atoms with E-state index in [2.05, 4.69) is 9.97 Å². The van der Waals surface area contributed by atoms with Gasteiger partial charge in [-0.15, -0.1) is 0 Å². The maximum absolute atomic E-state index is 9.77. The van der Waals surface area contributed by atoms with Gasteiger partial charge in [0.25, 0.3) is 0 Å². The molecule has 0 aliphatic heterocycles. The van der Waals surface area contributed by atoms with E-state index in [1.807, 2.05) is 0 Å². The molecule has 0 aliphatic rings. The smallest absolute Gasteiger partial charge is 0.335 e. The molecule has 14 heteroatoms. The SMILES string of the molecule is O=C(O)C(O)C(O)C(=O)O.O=C(O)C(O)C(O)C(=O)O.c1c[nH]cn1. The highest BCUT2D eigenvalue weighted by molar-refractivity contribution is 5.83. The Labute approximate surface area is 138 Å². The van der Waals surface area contributed by atoms with Crippen LogP contribution in [0.5, 0.6) is 0 Å². The zero-order valence-corrected chi connectivity index (χ0v) is 12.2. The van der Waals surface area contributed by atoms with Crippen molar-refractivity contribution in [2.24, 2.45) is 0 Å². The van der Waals surface area contributed by atoms with E-state index in [1.54, 1.807) is 18.7 Å². The van der Waals surface area contributed by atoms with E-state index in [4.69, 9.17) is 40.9 Å². The fourth-order valence-corrected chi connectivity index (χ4v) is 0.755. The number of aromatic nitrogens is 2. The van der Waals surface area contributed by atoms with Crippen molar-refractivity contribution in [1.29, 1.82) is 0 Å². The molecule has 1 aromatic heterocycles. The number of aliphatic hydroxyl groups is 4. The van der Waals surface area contributed by atoms with Gasteiger partial charge < -0.3 is 45.8 Å². The summed E-state index contributed by atoms with van der Waals surface area (Å²) in [5.41, 5.74) is 0. The Morgan fingerprint density at radius 2 is 0.960 bits per heavy atom. The number of aromatic amines is 1. The third-order valence-electron chi connectivity index (χ3n) is 2.02. The minimum atomic E-state index is -2.27. The molecule has 0 aliphatic carbocycles. The van der Waals surface area contributed by atoms with Crippen molar-refractivity contribution < 1.29 is 60.0 Å². The van der Waals surface area contributed by atoms with E-state index in [-0.39, 0.29) is 0 Å². The van der Waals surface area contributed by atoms with Gasteiger partial charge in [-0.05, 0) is 0 Å². The molecular weight excluding hydrogens is 352 g/mol. The zero-order valence-electron chi connectivity index (χ0n) is 12.2. The number of nitrogens with one attached hydrogen (secondary N) is 1. The Hall–Kier alpha value is -3.07. The Morgan fingerprint density at radius 1 is 0.680 bits per heavy atom. The molecule has 25 heavy (non-hydrogen) atoms. The van der Waals surface area contributed by atoms with Crippen molar-refractivity contribution in [3.63, 3.8) is 0 Å². The molecule has 0 aromatic carbocycles. The van der Waals surface area contributed by atoms with Crippen LogP contribution in [0.25, 0.3) is 0 Å². The molecule has 0 bridgehead atoms. The summed E-state index contributed by atoms with van der Waals surface area (Å²) >= 11 is 0. The Morgan fingerprint density at radius 3 is 1.04 bits per heavy atom. The first kappa shape index (κ1) is 24.2. The lowest BCUT2D eigenvalue weighted by Gasteiger charge is -2.07. The van der Waals surface area contributed by atoms with Crippen LogP contribution in [0.1, 0.15) is 0 Å². The second kappa shape index (κ2) is 12.4. The van der Waals surface area contributed by atoms with Crippen LogP contribution in [-0.4, -0.2) is 99.1 Å². The van der Waals surface area contributed by atoms with Crippen molar-refractivity contribution >= 4 is 23.9 Å². The van der Waals surface area contributed by atoms with Crippen LogP contribution in [0.15, 0.2) is 18.7 Å². The fourth-order valence-electron chi connectivity index (χ4n) is 0.755. The second-order valence-corrected chi connectivity index (χ2v) is 3.89. The standard InChI is InChI=1S/2C4H6O6.C3H4N2/c2*5-1(3(7)8)2(6)4(9)10;1-2-5-3-4-1/h2*1-2,5-6H,(H,7,8)(H,9,10);1-3H,(H,4,5). The third kappa shape index (κ3) is 11.2. The number of aliphatic carboxylic acids is 4. The van der Waals surface area contributed by atoms with Crippen molar-refractivity contribution in [3.05, 3.63) is 18.7 Å². The lowest BCUT2D eigenvalue weighted by Crippen LogP contribution is -2.39. The molecule has 4 unspecified atom stereocenters. The zero-order chi connectivity index (χ0) is 20.2. The summed E-state index contributed by atoms with van der Waals surface area (Å²) in [6, 6.07) is 0. The molecule has 0 spiro atoms. The number of imidazole rings is 1. The molecule has 0 amide bonds. The van der Waals surface area contributed by atoms with Gasteiger partial charge >= 0.3 is 23.9 Å². The third-order valence-corrected chi connectivity index (χ3v) is 2.02. The predicted octanol–water partition coefficient (Wildman–Crippen LogP) is -3.84. The Balaban J connectivity index is 0. The average molecular weight is 368 g/mol. The Kier molecular flexibility index (Phi) is 12.0. The van der Waals surface area contributed by atoms with Gasteiger partial charge in [0.1, 0.15) is 0 Å². The molecule has 0 fully saturated rings. The number of aliphatic hydroxyl groups excluding tert-OH is 4. The van der Waals surface area contributed by atoms with Crippen molar-refractivity contribution in [2.45, 2.75) is 24.4 Å². The molecule has 9 N–H and O–H groups in total. The average Bonchev–Trinajstić information content (AvgIpc) is 3.11. The molecule has 1 heterocycles. The molecule has 0 saturated carbocycles. The summed E-state index contributed by atoms with van der Waals surface area (Å²) < 4.78 is 0. The van der Waals surface area contributed by atoms with Gasteiger partial charge in [0, 0.05) is 12.4 Å². The summed E-state index contributed by atoms with van der Waals surface area (Å²) in [7, 11) is 0. The summed E-state index contributed by atoms with van der Waals surface area (Å²) in [5.74, 6) is -7.07. The van der Waals surface area contributed by atoms with Crippen LogP contribution in [0.3, 0.4) is 0 Å². The molecule has 0 saturated heterocycles. The van der Waals surface area contributed by atoms with Crippen molar-refractivity contribution in [3.8, 4) is 0 Å². The maximum atomic E-state index is 9.77. The van der Waals surface area contributed by atoms with Crippen LogP contribution in [-0.2, 0) is 19.2 Å². The van der Waals surface area contributed by atoms with Gasteiger partial charge in [-0.25, -0.2) is 24.2 Å². The number of hydrogen-bond donors (Lipinski definition) is 9. The van der Waals surface area contributed by atoms with E-state index in [1.165, 1.54) is 0 Å². The summed E-state index contributed by atoms with van der Waals surface area (Å²) in [5, 5.41) is 65.1. The molecule has 14 nitrogen and oxygen atoms in total. The molecule has 1 aromatic rings. The van der Waals surface area contributed by atoms with Gasteiger partial charge in [-0.2, -0.15) is 0 Å². The van der Waals surface area contributed by atoms with E-state index in [0.717, 1.165) is 0 Å². The predicted molar refractivity (Wildman–Crippen MR) is 73.2 cm³/mol. The second-order valence-electron chi connectivity index (χ2n) is 3.89. The minimum absolute atomic E-state index is 1.62. The number of carbonyl (C=O) groups is 4. The summed E-state index contributed by atoms with van der Waals surface area (Å²) in [6.07, 6.45) is -3.98. The lowest BCUT2D eigenvalue weighted by atomic mass is 10.2. The van der Waals surface area contributed by atoms with Crippen LogP contribution >= 0.6 is 0 Å². The van der Waals surface area contributed by atoms with Gasteiger partial charge in [0.2, 0.25) is 0 Å². The summed E-state index contributed by atoms with van der Waals surface area (Å²) in [6.45, 7) is 0. The normalized spacial score (nSPS) is 14.2. The van der Waals surface area contributed by atoms with Crippen molar-refractivity contribution in [2.75, 3.05) is 0 Å². The first-order valence-electron chi connectivity index (χ1n) is 5.99. The van der Waals surface area contributed by atoms with Gasteiger partial charge in [0.05, 0.1) is 6.33 Å². The highest BCUT2D eigenvalue weighted by atomic mass is 16.4. The van der Waals surface area contributed by atoms with Crippen LogP contribution < -0.4 is 0 Å². The fraction of sp³-hybridized carbons (Fsp3) is 0.364. The highest BCUT2D eigenvalue weighted by Gasteiger charge is 2.30.